The molecule has 1 amide bonds. The summed E-state index contributed by atoms with van der Waals surface area (Å²) in [7, 11) is 1.79. The lowest BCUT2D eigenvalue weighted by atomic mass is 10.1. The second kappa shape index (κ2) is 9.13. The zero-order chi connectivity index (χ0) is 13.0. The van der Waals surface area contributed by atoms with Crippen LogP contribution in [0.15, 0.2) is 24.5 Å². The van der Waals surface area contributed by atoms with Gasteiger partial charge in [0.05, 0.1) is 6.10 Å². The lowest BCUT2D eigenvalue weighted by molar-refractivity contribution is -0.141. The molecular weight excluding hydrogens is 301 g/mol. The van der Waals surface area contributed by atoms with Gasteiger partial charge in [0.25, 0.3) is 5.91 Å². The Hall–Kier alpha value is -0.880. The van der Waals surface area contributed by atoms with Crippen molar-refractivity contribution in [2.24, 2.45) is 5.73 Å². The minimum atomic E-state index is -0.328. The summed E-state index contributed by atoms with van der Waals surface area (Å²) >= 11 is 0. The average Bonchev–Trinajstić information content (AvgIpc) is 2.87. The van der Waals surface area contributed by atoms with Gasteiger partial charge in [0, 0.05) is 32.5 Å². The fourth-order valence-corrected chi connectivity index (χ4v) is 2.15. The van der Waals surface area contributed by atoms with Crippen LogP contribution in [0.2, 0.25) is 0 Å². The van der Waals surface area contributed by atoms with Gasteiger partial charge in [-0.25, -0.2) is 0 Å². The molecule has 114 valence electrons. The molecule has 2 atom stereocenters. The van der Waals surface area contributed by atoms with E-state index in [1.807, 2.05) is 12.1 Å². The summed E-state index contributed by atoms with van der Waals surface area (Å²) < 4.78 is 5.60. The van der Waals surface area contributed by atoms with Gasteiger partial charge in [-0.15, -0.1) is 24.8 Å². The molecule has 1 aliphatic rings. The maximum Gasteiger partial charge on any atom is 0.251 e. The third kappa shape index (κ3) is 4.90. The summed E-state index contributed by atoms with van der Waals surface area (Å²) in [5.41, 5.74) is 6.60. The van der Waals surface area contributed by atoms with E-state index in [1.165, 1.54) is 0 Å². The van der Waals surface area contributed by atoms with Crippen molar-refractivity contribution in [3.05, 3.63) is 30.1 Å². The molecule has 0 bridgehead atoms. The SMILES string of the molecule is CN(Cc1ccncc1)C(=O)[C@@H]1CC[C@H](CN)O1.Cl.Cl. The predicted molar refractivity (Wildman–Crippen MR) is 82.2 cm³/mol. The van der Waals surface area contributed by atoms with E-state index in [-0.39, 0.29) is 42.9 Å². The molecule has 1 aromatic rings. The largest absolute Gasteiger partial charge is 0.364 e. The van der Waals surface area contributed by atoms with Gasteiger partial charge in [-0.1, -0.05) is 0 Å². The molecule has 1 fully saturated rings. The number of likely N-dealkylation sites (N-methyl/N-ethyl adjacent to an activating group) is 1. The Kier molecular flexibility index (Phi) is 8.73. The molecule has 0 spiro atoms. The van der Waals surface area contributed by atoms with E-state index < -0.39 is 0 Å². The van der Waals surface area contributed by atoms with Gasteiger partial charge in [-0.2, -0.15) is 0 Å². The summed E-state index contributed by atoms with van der Waals surface area (Å²) in [5.74, 6) is 0.0303. The minimum Gasteiger partial charge on any atom is -0.364 e. The second-order valence-electron chi connectivity index (χ2n) is 4.61. The first-order valence-corrected chi connectivity index (χ1v) is 6.20. The number of carbonyl (C=O) groups is 1. The Morgan fingerprint density at radius 1 is 1.40 bits per heavy atom. The van der Waals surface area contributed by atoms with E-state index in [2.05, 4.69) is 4.98 Å². The number of amides is 1. The Balaban J connectivity index is 0.00000180. The van der Waals surface area contributed by atoms with E-state index in [0.717, 1.165) is 18.4 Å². The number of nitrogens with zero attached hydrogens (tertiary/aromatic N) is 2. The highest BCUT2D eigenvalue weighted by atomic mass is 35.5. The van der Waals surface area contributed by atoms with E-state index in [0.29, 0.717) is 13.1 Å². The zero-order valence-electron chi connectivity index (χ0n) is 11.4. The molecular formula is C13H21Cl2N3O2. The average molecular weight is 322 g/mol. The first kappa shape index (κ1) is 19.1. The fourth-order valence-electron chi connectivity index (χ4n) is 2.15. The van der Waals surface area contributed by atoms with Crippen molar-refractivity contribution in [3.8, 4) is 0 Å². The quantitative estimate of drug-likeness (QED) is 0.909. The molecule has 5 nitrogen and oxygen atoms in total. The summed E-state index contributed by atoms with van der Waals surface area (Å²) in [6, 6.07) is 3.81. The number of carbonyl (C=O) groups excluding carboxylic acids is 1. The van der Waals surface area contributed by atoms with Crippen LogP contribution in [0.3, 0.4) is 0 Å². The van der Waals surface area contributed by atoms with E-state index in [9.17, 15) is 4.79 Å². The molecule has 2 N–H and O–H groups in total. The number of hydrogen-bond acceptors (Lipinski definition) is 4. The van der Waals surface area contributed by atoms with Crippen LogP contribution in [0.4, 0.5) is 0 Å². The van der Waals surface area contributed by atoms with E-state index in [4.69, 9.17) is 10.5 Å². The van der Waals surface area contributed by atoms with Gasteiger partial charge in [-0.3, -0.25) is 9.78 Å². The van der Waals surface area contributed by atoms with Crippen molar-refractivity contribution in [1.29, 1.82) is 0 Å². The number of ether oxygens (including phenoxy) is 1. The number of nitrogens with two attached hydrogens (primary N) is 1. The maximum atomic E-state index is 12.2. The number of pyridine rings is 1. The summed E-state index contributed by atoms with van der Waals surface area (Å²) in [4.78, 5) is 17.8. The Bertz CT molecular complexity index is 406. The van der Waals surface area contributed by atoms with Crippen molar-refractivity contribution in [2.45, 2.75) is 31.6 Å². The number of hydrogen-bond donors (Lipinski definition) is 1. The molecule has 1 saturated heterocycles. The van der Waals surface area contributed by atoms with Crippen LogP contribution in [0.25, 0.3) is 0 Å². The topological polar surface area (TPSA) is 68.5 Å². The van der Waals surface area contributed by atoms with E-state index >= 15 is 0 Å². The summed E-state index contributed by atoms with van der Waals surface area (Å²) in [5, 5.41) is 0. The van der Waals surface area contributed by atoms with Gasteiger partial charge < -0.3 is 15.4 Å². The van der Waals surface area contributed by atoms with Crippen molar-refractivity contribution in [2.75, 3.05) is 13.6 Å². The first-order valence-electron chi connectivity index (χ1n) is 6.20. The van der Waals surface area contributed by atoms with Crippen LogP contribution in [0.1, 0.15) is 18.4 Å². The molecule has 2 heterocycles. The number of rotatable bonds is 4. The normalized spacial score (nSPS) is 20.7. The summed E-state index contributed by atoms with van der Waals surface area (Å²) in [6.45, 7) is 1.06. The summed E-state index contributed by atoms with van der Waals surface area (Å²) in [6.07, 6.45) is 4.80. The van der Waals surface area contributed by atoms with Crippen LogP contribution in [-0.2, 0) is 16.1 Å². The first-order chi connectivity index (χ1) is 8.70. The lowest BCUT2D eigenvalue weighted by Crippen LogP contribution is -2.36. The van der Waals surface area contributed by atoms with Crippen LogP contribution in [0.5, 0.6) is 0 Å². The van der Waals surface area contributed by atoms with Crippen LogP contribution >= 0.6 is 24.8 Å². The molecule has 2 rings (SSSR count). The minimum absolute atomic E-state index is 0. The molecule has 0 unspecified atom stereocenters. The predicted octanol–water partition coefficient (Wildman–Crippen LogP) is 1.39. The third-order valence-electron chi connectivity index (χ3n) is 3.19. The highest BCUT2D eigenvalue weighted by Crippen LogP contribution is 2.20. The van der Waals surface area contributed by atoms with Gasteiger partial charge in [0.1, 0.15) is 6.10 Å². The molecule has 0 aromatic carbocycles. The smallest absolute Gasteiger partial charge is 0.251 e. The van der Waals surface area contributed by atoms with Crippen molar-refractivity contribution >= 4 is 30.7 Å². The number of halogens is 2. The molecule has 1 aliphatic heterocycles. The van der Waals surface area contributed by atoms with E-state index in [1.54, 1.807) is 24.3 Å². The molecule has 20 heavy (non-hydrogen) atoms. The lowest BCUT2D eigenvalue weighted by Gasteiger charge is -2.21. The second-order valence-corrected chi connectivity index (χ2v) is 4.61. The van der Waals surface area contributed by atoms with Crippen LogP contribution in [-0.4, -0.2) is 41.6 Å². The Morgan fingerprint density at radius 2 is 2.05 bits per heavy atom. The third-order valence-corrected chi connectivity index (χ3v) is 3.19. The standard InChI is InChI=1S/C13H19N3O2.2ClH/c1-16(9-10-4-6-15-7-5-10)13(17)12-3-2-11(8-14)18-12;;/h4-7,11-12H,2-3,8-9,14H2,1H3;2*1H/t11-,12+;;/m1../s1. The van der Waals surface area contributed by atoms with Crippen LogP contribution < -0.4 is 5.73 Å². The highest BCUT2D eigenvalue weighted by Gasteiger charge is 2.31. The molecule has 7 heteroatoms. The van der Waals surface area contributed by atoms with Gasteiger partial charge in [0.15, 0.2) is 0 Å². The Labute approximate surface area is 131 Å². The molecule has 0 saturated carbocycles. The zero-order valence-corrected chi connectivity index (χ0v) is 13.0. The maximum absolute atomic E-state index is 12.2. The van der Waals surface area contributed by atoms with Crippen molar-refractivity contribution < 1.29 is 9.53 Å². The van der Waals surface area contributed by atoms with Gasteiger partial charge >= 0.3 is 0 Å². The van der Waals surface area contributed by atoms with Crippen molar-refractivity contribution in [3.63, 3.8) is 0 Å². The fraction of sp³-hybridized carbons (Fsp3) is 0.538. The molecule has 0 aliphatic carbocycles. The number of aromatic nitrogens is 1. The van der Waals surface area contributed by atoms with Crippen molar-refractivity contribution in [1.82, 2.24) is 9.88 Å². The highest BCUT2D eigenvalue weighted by molar-refractivity contribution is 5.85. The van der Waals surface area contributed by atoms with Crippen LogP contribution in [0, 0.1) is 0 Å². The van der Waals surface area contributed by atoms with Gasteiger partial charge in [0.2, 0.25) is 0 Å². The Morgan fingerprint density at radius 3 is 2.60 bits per heavy atom. The molecule has 1 aromatic heterocycles. The monoisotopic (exact) mass is 321 g/mol. The molecule has 0 radical (unpaired) electrons. The van der Waals surface area contributed by atoms with Gasteiger partial charge in [-0.05, 0) is 30.5 Å².